The van der Waals surface area contributed by atoms with Crippen molar-refractivity contribution in [2.24, 2.45) is 5.92 Å². The topological polar surface area (TPSA) is 37.8 Å². The van der Waals surface area contributed by atoms with Crippen molar-refractivity contribution >= 4 is 10.9 Å². The lowest BCUT2D eigenvalue weighted by Crippen LogP contribution is -2.09. The van der Waals surface area contributed by atoms with Crippen molar-refractivity contribution in [3.63, 3.8) is 0 Å². The highest BCUT2D eigenvalue weighted by Crippen LogP contribution is 2.10. The second-order valence-corrected chi connectivity index (χ2v) is 3.96. The number of benzene rings is 1. The molecule has 2 rings (SSSR count). The molecule has 0 aliphatic rings. The summed E-state index contributed by atoms with van der Waals surface area (Å²) in [5, 5.41) is 3.62. The minimum absolute atomic E-state index is 0.00116. The van der Waals surface area contributed by atoms with Gasteiger partial charge in [0.15, 0.2) is 0 Å². The smallest absolute Gasteiger partial charge is 0.271 e. The van der Waals surface area contributed by atoms with Crippen molar-refractivity contribution in [2.75, 3.05) is 0 Å². The maximum atomic E-state index is 11.5. The molecule has 0 saturated heterocycles. The predicted molar refractivity (Wildman–Crippen MR) is 57.4 cm³/mol. The van der Waals surface area contributed by atoms with Crippen molar-refractivity contribution in [2.45, 2.75) is 20.4 Å². The highest BCUT2D eigenvalue weighted by atomic mass is 16.1. The van der Waals surface area contributed by atoms with Crippen LogP contribution in [0.15, 0.2) is 29.1 Å². The number of hydrogen-bond acceptors (Lipinski definition) is 1. The van der Waals surface area contributed by atoms with Crippen LogP contribution in [0.5, 0.6) is 0 Å². The Hall–Kier alpha value is -1.51. The zero-order valence-corrected chi connectivity index (χ0v) is 8.45. The molecule has 0 aliphatic carbocycles. The van der Waals surface area contributed by atoms with Crippen molar-refractivity contribution < 1.29 is 0 Å². The van der Waals surface area contributed by atoms with Gasteiger partial charge in [-0.25, -0.2) is 0 Å². The summed E-state index contributed by atoms with van der Waals surface area (Å²) in [6.07, 6.45) is 0. The fourth-order valence-electron chi connectivity index (χ4n) is 1.65. The number of hydrogen-bond donors (Lipinski definition) is 1. The van der Waals surface area contributed by atoms with Crippen LogP contribution in [0.1, 0.15) is 13.8 Å². The lowest BCUT2D eigenvalue weighted by molar-refractivity contribution is 0.492. The standard InChI is InChI=1S/C11H14N2O/c1-8(2)7-13-10-6-4-3-5-9(10)11(14)12-13/h3-6,8H,7H2,1-2H3,(H,12,14). The second kappa shape index (κ2) is 3.33. The first-order chi connectivity index (χ1) is 6.68. The molecule has 3 nitrogen and oxygen atoms in total. The first kappa shape index (κ1) is 9.06. The van der Waals surface area contributed by atoms with E-state index in [1.807, 2.05) is 28.9 Å². The number of aromatic nitrogens is 2. The third-order valence-corrected chi connectivity index (χ3v) is 2.22. The van der Waals surface area contributed by atoms with E-state index >= 15 is 0 Å². The maximum Gasteiger partial charge on any atom is 0.271 e. The Morgan fingerprint density at radius 3 is 2.79 bits per heavy atom. The van der Waals surface area contributed by atoms with E-state index in [0.717, 1.165) is 17.4 Å². The number of rotatable bonds is 2. The number of para-hydroxylation sites is 1. The molecule has 1 aromatic heterocycles. The molecule has 0 radical (unpaired) electrons. The zero-order valence-electron chi connectivity index (χ0n) is 8.45. The minimum atomic E-state index is 0.00116. The molecule has 3 heteroatoms. The number of fused-ring (bicyclic) bond motifs is 1. The van der Waals surface area contributed by atoms with E-state index < -0.39 is 0 Å². The average molecular weight is 190 g/mol. The van der Waals surface area contributed by atoms with Gasteiger partial charge in [-0.05, 0) is 18.1 Å². The summed E-state index contributed by atoms with van der Waals surface area (Å²) in [7, 11) is 0. The summed E-state index contributed by atoms with van der Waals surface area (Å²) < 4.78 is 1.92. The monoisotopic (exact) mass is 190 g/mol. The molecular formula is C11H14N2O. The fourth-order valence-corrected chi connectivity index (χ4v) is 1.65. The van der Waals surface area contributed by atoms with Gasteiger partial charge in [-0.15, -0.1) is 0 Å². The fraction of sp³-hybridized carbons (Fsp3) is 0.364. The van der Waals surface area contributed by atoms with E-state index in [0.29, 0.717) is 5.92 Å². The third kappa shape index (κ3) is 1.45. The van der Waals surface area contributed by atoms with Crippen LogP contribution in [0.2, 0.25) is 0 Å². The van der Waals surface area contributed by atoms with Gasteiger partial charge in [0.1, 0.15) is 0 Å². The normalized spacial score (nSPS) is 11.4. The van der Waals surface area contributed by atoms with Crippen LogP contribution in [0, 0.1) is 5.92 Å². The summed E-state index contributed by atoms with van der Waals surface area (Å²) in [5.74, 6) is 0.529. The summed E-state index contributed by atoms with van der Waals surface area (Å²) in [6, 6.07) is 7.66. The molecule has 0 atom stereocenters. The Labute approximate surface area is 82.3 Å². The molecule has 0 spiro atoms. The Balaban J connectivity index is 2.61. The molecule has 0 amide bonds. The molecule has 2 aromatic rings. The lowest BCUT2D eigenvalue weighted by Gasteiger charge is -2.06. The average Bonchev–Trinajstić information content (AvgIpc) is 2.44. The van der Waals surface area contributed by atoms with E-state index in [4.69, 9.17) is 0 Å². The van der Waals surface area contributed by atoms with Crippen LogP contribution in [0.4, 0.5) is 0 Å². The SMILES string of the molecule is CC(C)Cn1[nH]c(=O)c2ccccc21. The molecule has 1 aromatic carbocycles. The van der Waals surface area contributed by atoms with Crippen molar-refractivity contribution in [1.82, 2.24) is 9.78 Å². The Morgan fingerprint density at radius 1 is 1.36 bits per heavy atom. The first-order valence-corrected chi connectivity index (χ1v) is 4.86. The molecular weight excluding hydrogens is 176 g/mol. The summed E-state index contributed by atoms with van der Waals surface area (Å²) in [4.78, 5) is 11.5. The van der Waals surface area contributed by atoms with Crippen LogP contribution in [0.25, 0.3) is 10.9 Å². The van der Waals surface area contributed by atoms with Gasteiger partial charge in [0.05, 0.1) is 10.9 Å². The van der Waals surface area contributed by atoms with Gasteiger partial charge in [0.25, 0.3) is 5.56 Å². The Kier molecular flexibility index (Phi) is 2.15. The van der Waals surface area contributed by atoms with Crippen LogP contribution in [0.3, 0.4) is 0 Å². The molecule has 0 bridgehead atoms. The van der Waals surface area contributed by atoms with Gasteiger partial charge in [0, 0.05) is 6.54 Å². The number of nitrogens with zero attached hydrogens (tertiary/aromatic N) is 1. The van der Waals surface area contributed by atoms with Gasteiger partial charge >= 0.3 is 0 Å². The molecule has 0 saturated carbocycles. The van der Waals surface area contributed by atoms with Gasteiger partial charge in [-0.2, -0.15) is 0 Å². The molecule has 74 valence electrons. The highest BCUT2D eigenvalue weighted by Gasteiger charge is 2.05. The minimum Gasteiger partial charge on any atom is -0.284 e. The molecule has 0 unspecified atom stereocenters. The lowest BCUT2D eigenvalue weighted by atomic mass is 10.2. The summed E-state index contributed by atoms with van der Waals surface area (Å²) >= 11 is 0. The summed E-state index contributed by atoms with van der Waals surface area (Å²) in [6.45, 7) is 5.11. The Bertz CT molecular complexity index is 493. The molecule has 14 heavy (non-hydrogen) atoms. The van der Waals surface area contributed by atoms with E-state index in [-0.39, 0.29) is 5.56 Å². The van der Waals surface area contributed by atoms with E-state index in [2.05, 4.69) is 18.9 Å². The van der Waals surface area contributed by atoms with Crippen LogP contribution < -0.4 is 5.56 Å². The zero-order chi connectivity index (χ0) is 10.1. The quantitative estimate of drug-likeness (QED) is 0.772. The Morgan fingerprint density at radius 2 is 2.07 bits per heavy atom. The largest absolute Gasteiger partial charge is 0.284 e. The van der Waals surface area contributed by atoms with Gasteiger partial charge < -0.3 is 0 Å². The second-order valence-electron chi connectivity index (χ2n) is 3.96. The molecule has 0 aliphatic heterocycles. The van der Waals surface area contributed by atoms with Crippen molar-refractivity contribution in [3.05, 3.63) is 34.6 Å². The predicted octanol–water partition coefficient (Wildman–Crippen LogP) is 1.99. The van der Waals surface area contributed by atoms with Crippen LogP contribution in [-0.2, 0) is 6.54 Å². The van der Waals surface area contributed by atoms with E-state index in [1.54, 1.807) is 0 Å². The van der Waals surface area contributed by atoms with E-state index in [9.17, 15) is 4.79 Å². The van der Waals surface area contributed by atoms with Crippen molar-refractivity contribution in [1.29, 1.82) is 0 Å². The van der Waals surface area contributed by atoms with Crippen LogP contribution >= 0.6 is 0 Å². The van der Waals surface area contributed by atoms with Crippen LogP contribution in [-0.4, -0.2) is 9.78 Å². The van der Waals surface area contributed by atoms with Gasteiger partial charge in [-0.1, -0.05) is 26.0 Å². The molecule has 1 heterocycles. The maximum absolute atomic E-state index is 11.5. The van der Waals surface area contributed by atoms with Crippen molar-refractivity contribution in [3.8, 4) is 0 Å². The molecule has 0 fully saturated rings. The third-order valence-electron chi connectivity index (χ3n) is 2.22. The summed E-state index contributed by atoms with van der Waals surface area (Å²) in [5.41, 5.74) is 0.993. The first-order valence-electron chi connectivity index (χ1n) is 4.86. The van der Waals surface area contributed by atoms with Gasteiger partial charge in [-0.3, -0.25) is 14.6 Å². The number of aromatic amines is 1. The highest BCUT2D eigenvalue weighted by molar-refractivity contribution is 5.78. The number of nitrogens with one attached hydrogen (secondary N) is 1. The molecule has 1 N–H and O–H groups in total. The number of H-pyrrole nitrogens is 1. The van der Waals surface area contributed by atoms with E-state index in [1.165, 1.54) is 0 Å². The van der Waals surface area contributed by atoms with Gasteiger partial charge in [0.2, 0.25) is 0 Å².